The van der Waals surface area contributed by atoms with E-state index in [9.17, 15) is 13.2 Å². The van der Waals surface area contributed by atoms with Gasteiger partial charge in [-0.15, -0.1) is 0 Å². The van der Waals surface area contributed by atoms with Crippen molar-refractivity contribution in [2.24, 2.45) is 11.8 Å². The summed E-state index contributed by atoms with van der Waals surface area (Å²) in [5.41, 5.74) is 1.07. The maximum Gasteiger partial charge on any atom is 0.257 e. The molecule has 10 heteroatoms. The zero-order chi connectivity index (χ0) is 22.5. The lowest BCUT2D eigenvalue weighted by Gasteiger charge is -2.34. The van der Waals surface area contributed by atoms with Crippen LogP contribution in [0.5, 0.6) is 11.5 Å². The summed E-state index contributed by atoms with van der Waals surface area (Å²) < 4.78 is 39.2. The fraction of sp³-hybridized carbons (Fsp3) is 0.364. The Morgan fingerprint density at radius 2 is 1.75 bits per heavy atom. The Morgan fingerprint density at radius 3 is 2.44 bits per heavy atom. The summed E-state index contributed by atoms with van der Waals surface area (Å²) in [6.45, 7) is 5.37. The number of sulfonamides is 1. The third-order valence-electron chi connectivity index (χ3n) is 5.69. The smallest absolute Gasteiger partial charge is 0.257 e. The Morgan fingerprint density at radius 1 is 1.09 bits per heavy atom. The van der Waals surface area contributed by atoms with Crippen LogP contribution in [-0.4, -0.2) is 43.5 Å². The molecule has 0 aliphatic carbocycles. The van der Waals surface area contributed by atoms with E-state index in [1.54, 1.807) is 10.4 Å². The molecule has 3 heterocycles. The van der Waals surface area contributed by atoms with Crippen LogP contribution in [0.2, 0.25) is 0 Å². The summed E-state index contributed by atoms with van der Waals surface area (Å²) in [6, 6.07) is 9.67. The van der Waals surface area contributed by atoms with Gasteiger partial charge < -0.3 is 9.47 Å². The first-order chi connectivity index (χ1) is 15.3. The molecule has 1 aromatic heterocycles. The number of fused-ring (bicyclic) bond motifs is 2. The minimum Gasteiger partial charge on any atom is -0.454 e. The molecule has 2 aromatic carbocycles. The fourth-order valence-corrected chi connectivity index (χ4v) is 6.82. The molecule has 2 aliphatic heterocycles. The van der Waals surface area contributed by atoms with Crippen LogP contribution in [0, 0.1) is 11.8 Å². The molecule has 1 saturated heterocycles. The lowest BCUT2D eigenvalue weighted by molar-refractivity contribution is 0.102. The molecule has 1 fully saturated rings. The van der Waals surface area contributed by atoms with E-state index in [4.69, 9.17) is 9.47 Å². The molecule has 2 atom stereocenters. The Labute approximate surface area is 190 Å². The molecule has 32 heavy (non-hydrogen) atoms. The highest BCUT2D eigenvalue weighted by molar-refractivity contribution is 7.89. The first-order valence-electron chi connectivity index (χ1n) is 10.4. The third-order valence-corrected chi connectivity index (χ3v) is 8.47. The van der Waals surface area contributed by atoms with Gasteiger partial charge in [0.2, 0.25) is 16.8 Å². The maximum atomic E-state index is 13.0. The minimum atomic E-state index is -3.58. The summed E-state index contributed by atoms with van der Waals surface area (Å²) in [4.78, 5) is 17.3. The first kappa shape index (κ1) is 21.2. The summed E-state index contributed by atoms with van der Waals surface area (Å²) in [5.74, 6) is 1.59. The molecule has 0 unspecified atom stereocenters. The minimum absolute atomic E-state index is 0.192. The van der Waals surface area contributed by atoms with Crippen molar-refractivity contribution in [2.45, 2.75) is 25.2 Å². The van der Waals surface area contributed by atoms with E-state index < -0.39 is 10.0 Å². The topological polar surface area (TPSA) is 97.8 Å². The summed E-state index contributed by atoms with van der Waals surface area (Å²) >= 11 is 1.33. The second-order valence-electron chi connectivity index (χ2n) is 8.44. The quantitative estimate of drug-likeness (QED) is 0.616. The molecule has 1 amide bonds. The van der Waals surface area contributed by atoms with Gasteiger partial charge in [0.25, 0.3) is 5.91 Å². The maximum absolute atomic E-state index is 13.0. The van der Waals surface area contributed by atoms with E-state index in [2.05, 4.69) is 24.1 Å². The highest BCUT2D eigenvalue weighted by atomic mass is 32.2. The fourth-order valence-electron chi connectivity index (χ4n) is 4.27. The Kier molecular flexibility index (Phi) is 5.31. The zero-order valence-electron chi connectivity index (χ0n) is 17.7. The number of aromatic nitrogens is 1. The van der Waals surface area contributed by atoms with Crippen LogP contribution in [0.3, 0.4) is 0 Å². The van der Waals surface area contributed by atoms with E-state index >= 15 is 0 Å². The van der Waals surface area contributed by atoms with Crippen LogP contribution >= 0.6 is 11.3 Å². The van der Waals surface area contributed by atoms with Crippen molar-refractivity contribution in [2.75, 3.05) is 25.2 Å². The molecule has 8 nitrogen and oxygen atoms in total. The Balaban J connectivity index is 1.31. The first-order valence-corrected chi connectivity index (χ1v) is 12.7. The second-order valence-corrected chi connectivity index (χ2v) is 11.4. The second kappa shape index (κ2) is 8.02. The number of nitrogens with one attached hydrogen (secondary N) is 1. The predicted molar refractivity (Wildman–Crippen MR) is 122 cm³/mol. The van der Waals surface area contributed by atoms with Crippen molar-refractivity contribution in [3.8, 4) is 11.5 Å². The number of benzene rings is 2. The standard InChI is InChI=1S/C22H23N3O5S2/c1-13-7-14(2)11-25(10-13)32(27,28)16-5-3-15(4-6-16)21(26)24-22-23-17-8-18-19(30-12-29-18)9-20(17)31-22/h3-6,8-9,13-14H,7,10-12H2,1-2H3,(H,23,24,26)/t13-,14-/m1/s1. The molecule has 0 spiro atoms. The van der Waals surface area contributed by atoms with Crippen molar-refractivity contribution in [3.63, 3.8) is 0 Å². The summed E-state index contributed by atoms with van der Waals surface area (Å²) in [7, 11) is -3.58. The van der Waals surface area contributed by atoms with Gasteiger partial charge >= 0.3 is 0 Å². The van der Waals surface area contributed by atoms with Crippen LogP contribution in [-0.2, 0) is 10.0 Å². The number of carbonyl (C=O) groups is 1. The average Bonchev–Trinajstić information content (AvgIpc) is 3.36. The lowest BCUT2D eigenvalue weighted by atomic mass is 9.94. The van der Waals surface area contributed by atoms with Crippen molar-refractivity contribution in [1.82, 2.24) is 9.29 Å². The number of rotatable bonds is 4. The van der Waals surface area contributed by atoms with E-state index in [1.165, 1.54) is 35.6 Å². The Hall–Kier alpha value is -2.69. The zero-order valence-corrected chi connectivity index (χ0v) is 19.3. The number of ether oxygens (including phenoxy) is 2. The van der Waals surface area contributed by atoms with E-state index in [-0.39, 0.29) is 17.6 Å². The van der Waals surface area contributed by atoms with E-state index in [1.807, 2.05) is 6.07 Å². The number of piperidine rings is 1. The van der Waals surface area contributed by atoms with Crippen LogP contribution in [0.25, 0.3) is 10.2 Å². The van der Waals surface area contributed by atoms with Gasteiger partial charge in [0.15, 0.2) is 16.6 Å². The van der Waals surface area contributed by atoms with Crippen molar-refractivity contribution >= 4 is 42.6 Å². The largest absolute Gasteiger partial charge is 0.454 e. The van der Waals surface area contributed by atoms with Gasteiger partial charge in [0.1, 0.15) is 0 Å². The average molecular weight is 474 g/mol. The highest BCUT2D eigenvalue weighted by Gasteiger charge is 2.31. The molecular weight excluding hydrogens is 450 g/mol. The molecule has 1 N–H and O–H groups in total. The molecule has 5 rings (SSSR count). The van der Waals surface area contributed by atoms with Crippen LogP contribution in [0.1, 0.15) is 30.6 Å². The Bertz CT molecular complexity index is 1240. The number of anilines is 1. The third kappa shape index (κ3) is 3.94. The molecule has 0 radical (unpaired) electrons. The van der Waals surface area contributed by atoms with E-state index in [0.717, 1.165) is 11.1 Å². The van der Waals surface area contributed by atoms with Gasteiger partial charge in [0.05, 0.1) is 15.1 Å². The van der Waals surface area contributed by atoms with Crippen molar-refractivity contribution < 1.29 is 22.7 Å². The van der Waals surface area contributed by atoms with E-state index in [0.29, 0.717) is 52.6 Å². The normalized spacial score (nSPS) is 21.1. The SMILES string of the molecule is C[C@@H]1C[C@@H](C)CN(S(=O)(=O)c2ccc(C(=O)Nc3nc4cc5c(cc4s3)OCO5)cc2)C1. The van der Waals surface area contributed by atoms with Crippen LogP contribution < -0.4 is 14.8 Å². The number of nitrogens with zero attached hydrogens (tertiary/aromatic N) is 2. The van der Waals surface area contributed by atoms with Gasteiger partial charge in [-0.25, -0.2) is 13.4 Å². The number of amides is 1. The van der Waals surface area contributed by atoms with Gasteiger partial charge in [-0.3, -0.25) is 10.1 Å². The number of carbonyl (C=O) groups excluding carboxylic acids is 1. The lowest BCUT2D eigenvalue weighted by Crippen LogP contribution is -2.42. The van der Waals surface area contributed by atoms with Gasteiger partial charge in [-0.2, -0.15) is 4.31 Å². The number of hydrogen-bond acceptors (Lipinski definition) is 7. The molecule has 168 valence electrons. The van der Waals surface area contributed by atoms with Gasteiger partial charge in [-0.1, -0.05) is 25.2 Å². The van der Waals surface area contributed by atoms with Crippen LogP contribution in [0.15, 0.2) is 41.3 Å². The molecule has 3 aromatic rings. The van der Waals surface area contributed by atoms with Crippen molar-refractivity contribution in [3.05, 3.63) is 42.0 Å². The van der Waals surface area contributed by atoms with Crippen LogP contribution in [0.4, 0.5) is 5.13 Å². The molecule has 0 saturated carbocycles. The van der Waals surface area contributed by atoms with Crippen molar-refractivity contribution in [1.29, 1.82) is 0 Å². The number of thiazole rings is 1. The summed E-state index contributed by atoms with van der Waals surface area (Å²) in [6.07, 6.45) is 1.03. The molecular formula is C22H23N3O5S2. The highest BCUT2D eigenvalue weighted by Crippen LogP contribution is 2.39. The monoisotopic (exact) mass is 473 g/mol. The molecule has 2 aliphatic rings. The predicted octanol–water partition coefficient (Wildman–Crippen LogP) is 3.94. The van der Waals surface area contributed by atoms with Gasteiger partial charge in [0, 0.05) is 30.8 Å². The van der Waals surface area contributed by atoms with Gasteiger partial charge in [-0.05, 0) is 42.5 Å². The summed E-state index contributed by atoms with van der Waals surface area (Å²) in [5, 5.41) is 3.23. The molecule has 0 bridgehead atoms. The number of hydrogen-bond donors (Lipinski definition) is 1.